The van der Waals surface area contributed by atoms with Crippen LogP contribution >= 0.6 is 0 Å². The van der Waals surface area contributed by atoms with E-state index >= 15 is 0 Å². The Kier molecular flexibility index (Phi) is 5.65. The summed E-state index contributed by atoms with van der Waals surface area (Å²) in [6.07, 6.45) is 0.234. The molecule has 35 heavy (non-hydrogen) atoms. The molecule has 2 atom stereocenters. The van der Waals surface area contributed by atoms with Crippen molar-refractivity contribution in [3.8, 4) is 11.5 Å². The van der Waals surface area contributed by atoms with Gasteiger partial charge in [-0.3, -0.25) is 14.6 Å². The van der Waals surface area contributed by atoms with Crippen molar-refractivity contribution in [1.82, 2.24) is 20.1 Å². The second kappa shape index (κ2) is 8.54. The lowest BCUT2D eigenvalue weighted by Gasteiger charge is -2.42. The normalized spacial score (nSPS) is 21.5. The molecule has 3 aromatic rings. The van der Waals surface area contributed by atoms with E-state index in [2.05, 4.69) is 10.3 Å². The number of phenols is 1. The number of rotatable bonds is 7. The fourth-order valence-electron chi connectivity index (χ4n) is 5.31. The summed E-state index contributed by atoms with van der Waals surface area (Å²) in [6, 6.07) is 8.38. The number of imide groups is 1. The second-order valence-corrected chi connectivity index (χ2v) is 9.08. The Morgan fingerprint density at radius 2 is 2.06 bits per heavy atom. The van der Waals surface area contributed by atoms with Gasteiger partial charge >= 0.3 is 6.03 Å². The number of hydrogen-bond donors (Lipinski definition) is 4. The van der Waals surface area contributed by atoms with E-state index in [1.165, 1.54) is 24.1 Å². The number of phenolic OH excluding ortho intramolecular Hbond substituents is 1. The van der Waals surface area contributed by atoms with Crippen molar-refractivity contribution in [2.45, 2.75) is 24.9 Å². The van der Waals surface area contributed by atoms with E-state index in [-0.39, 0.29) is 37.0 Å². The SMILES string of the molecule is COc1cc2c3c([nH]c2cc1F)[C@@H](c1cccc(O)c1)N1C(=O)N(CCNCCO)C(=O)[C@]1(C)C3. The van der Waals surface area contributed by atoms with Crippen molar-refractivity contribution in [1.29, 1.82) is 0 Å². The maximum atomic E-state index is 14.5. The zero-order chi connectivity index (χ0) is 24.9. The minimum atomic E-state index is -1.19. The van der Waals surface area contributed by atoms with Crippen LogP contribution in [0.25, 0.3) is 10.9 Å². The van der Waals surface area contributed by atoms with Crippen LogP contribution < -0.4 is 10.1 Å². The second-order valence-electron chi connectivity index (χ2n) is 9.08. The monoisotopic (exact) mass is 482 g/mol. The van der Waals surface area contributed by atoms with Gasteiger partial charge in [-0.25, -0.2) is 9.18 Å². The van der Waals surface area contributed by atoms with E-state index in [4.69, 9.17) is 9.84 Å². The number of aliphatic hydroxyl groups excluding tert-OH is 1. The van der Waals surface area contributed by atoms with E-state index in [1.54, 1.807) is 36.1 Å². The molecule has 0 radical (unpaired) electrons. The van der Waals surface area contributed by atoms with Gasteiger partial charge in [0.1, 0.15) is 17.3 Å². The number of aromatic nitrogens is 1. The molecule has 0 saturated carbocycles. The molecule has 0 spiro atoms. The Morgan fingerprint density at radius 1 is 1.26 bits per heavy atom. The van der Waals surface area contributed by atoms with E-state index < -0.39 is 23.4 Å². The number of urea groups is 1. The number of aromatic hydroxyl groups is 1. The minimum absolute atomic E-state index is 0.0307. The average Bonchev–Trinajstić information content (AvgIpc) is 3.26. The average molecular weight is 483 g/mol. The number of nitrogens with one attached hydrogen (secondary N) is 2. The highest BCUT2D eigenvalue weighted by atomic mass is 19.1. The topological polar surface area (TPSA) is 118 Å². The molecular weight excluding hydrogens is 455 g/mol. The molecule has 184 valence electrons. The standard InChI is InChI=1S/C25H27FN4O5/c1-25-13-17-16-11-20(35-2)18(26)12-19(16)28-21(17)22(14-4-3-5-15(32)10-14)30(25)24(34)29(23(25)33)8-6-27-7-9-31/h3-5,10-12,22,27-28,31-32H,6-9,13H2,1-2H3/t22-,25+/m1/s1. The first-order valence-electron chi connectivity index (χ1n) is 11.4. The number of aliphatic hydroxyl groups is 1. The molecule has 2 aliphatic rings. The zero-order valence-electron chi connectivity index (χ0n) is 19.5. The summed E-state index contributed by atoms with van der Waals surface area (Å²) in [6.45, 7) is 2.57. The number of methoxy groups -OCH3 is 1. The number of carbonyl (C=O) groups excluding carboxylic acids is 2. The first kappa shape index (κ1) is 23.1. The van der Waals surface area contributed by atoms with Crippen LogP contribution in [0, 0.1) is 5.82 Å². The maximum Gasteiger partial charge on any atom is 0.328 e. The van der Waals surface area contributed by atoms with Gasteiger partial charge < -0.3 is 25.3 Å². The van der Waals surface area contributed by atoms with Gasteiger partial charge in [-0.2, -0.15) is 0 Å². The predicted octanol–water partition coefficient (Wildman–Crippen LogP) is 2.27. The number of carbonyl (C=O) groups is 2. The molecule has 0 bridgehead atoms. The molecule has 1 saturated heterocycles. The van der Waals surface area contributed by atoms with Gasteiger partial charge in [0.15, 0.2) is 11.6 Å². The fraction of sp³-hybridized carbons (Fsp3) is 0.360. The Bertz CT molecular complexity index is 1320. The highest BCUT2D eigenvalue weighted by molar-refractivity contribution is 6.08. The zero-order valence-corrected chi connectivity index (χ0v) is 19.5. The smallest absolute Gasteiger partial charge is 0.328 e. The number of nitrogens with zero attached hydrogens (tertiary/aromatic N) is 2. The number of halogens is 1. The molecule has 1 fully saturated rings. The Balaban J connectivity index is 1.67. The summed E-state index contributed by atoms with van der Waals surface area (Å²) < 4.78 is 19.7. The molecule has 5 rings (SSSR count). The number of amides is 3. The molecular formula is C25H27FN4O5. The Hall–Kier alpha value is -3.63. The number of hydrogen-bond acceptors (Lipinski definition) is 6. The number of benzene rings is 2. The van der Waals surface area contributed by atoms with E-state index in [1.807, 2.05) is 0 Å². The third-order valence-corrected chi connectivity index (χ3v) is 6.93. The largest absolute Gasteiger partial charge is 0.508 e. The van der Waals surface area contributed by atoms with Crippen LogP contribution in [0.5, 0.6) is 11.5 Å². The Labute approximate surface area is 201 Å². The van der Waals surface area contributed by atoms with E-state index in [0.717, 1.165) is 5.56 Å². The maximum absolute atomic E-state index is 14.5. The molecule has 0 unspecified atom stereocenters. The lowest BCUT2D eigenvalue weighted by atomic mass is 9.81. The number of fused-ring (bicyclic) bond motifs is 4. The van der Waals surface area contributed by atoms with Crippen molar-refractivity contribution in [2.24, 2.45) is 0 Å². The lowest BCUT2D eigenvalue weighted by molar-refractivity contribution is -0.133. The highest BCUT2D eigenvalue weighted by Crippen LogP contribution is 2.49. The lowest BCUT2D eigenvalue weighted by Crippen LogP contribution is -2.53. The molecule has 10 heteroatoms. The molecule has 9 nitrogen and oxygen atoms in total. The Morgan fingerprint density at radius 3 is 2.77 bits per heavy atom. The molecule has 2 aromatic carbocycles. The van der Waals surface area contributed by atoms with Crippen molar-refractivity contribution >= 4 is 22.8 Å². The number of H-pyrrole nitrogens is 1. The van der Waals surface area contributed by atoms with Crippen LogP contribution in [0.2, 0.25) is 0 Å². The van der Waals surface area contributed by atoms with Gasteiger partial charge in [0.05, 0.1) is 13.7 Å². The van der Waals surface area contributed by atoms with E-state index in [9.17, 15) is 19.1 Å². The first-order chi connectivity index (χ1) is 16.8. The number of ether oxygens (including phenoxy) is 1. The molecule has 0 aliphatic carbocycles. The fourth-order valence-corrected chi connectivity index (χ4v) is 5.31. The van der Waals surface area contributed by atoms with Gasteiger partial charge in [0.2, 0.25) is 0 Å². The van der Waals surface area contributed by atoms with Crippen molar-refractivity contribution in [3.05, 3.63) is 59.0 Å². The third kappa shape index (κ3) is 3.52. The van der Waals surface area contributed by atoms with Gasteiger partial charge in [0.25, 0.3) is 5.91 Å². The molecule has 3 amide bonds. The molecule has 2 aliphatic heterocycles. The van der Waals surface area contributed by atoms with Gasteiger partial charge in [-0.1, -0.05) is 12.1 Å². The van der Waals surface area contributed by atoms with Crippen LogP contribution in [-0.4, -0.2) is 75.8 Å². The summed E-state index contributed by atoms with van der Waals surface area (Å²) in [4.78, 5) is 33.4. The highest BCUT2D eigenvalue weighted by Gasteiger charge is 2.60. The van der Waals surface area contributed by atoms with Gasteiger partial charge in [-0.15, -0.1) is 0 Å². The molecule has 1 aromatic heterocycles. The van der Waals surface area contributed by atoms with Crippen LogP contribution in [0.15, 0.2) is 36.4 Å². The van der Waals surface area contributed by atoms with Crippen molar-refractivity contribution in [3.63, 3.8) is 0 Å². The van der Waals surface area contributed by atoms with Crippen LogP contribution in [-0.2, 0) is 11.2 Å². The number of aromatic amines is 1. The molecule has 3 heterocycles. The minimum Gasteiger partial charge on any atom is -0.508 e. The summed E-state index contributed by atoms with van der Waals surface area (Å²) in [5.74, 6) is -0.727. The van der Waals surface area contributed by atoms with Crippen LogP contribution in [0.1, 0.15) is 29.8 Å². The van der Waals surface area contributed by atoms with Gasteiger partial charge in [-0.05, 0) is 36.2 Å². The van der Waals surface area contributed by atoms with Crippen molar-refractivity contribution in [2.75, 3.05) is 33.4 Å². The quantitative estimate of drug-likeness (QED) is 0.303. The summed E-state index contributed by atoms with van der Waals surface area (Å²) >= 11 is 0. The summed E-state index contributed by atoms with van der Waals surface area (Å²) in [7, 11) is 1.39. The van der Waals surface area contributed by atoms with Crippen LogP contribution in [0.3, 0.4) is 0 Å². The molecule has 4 N–H and O–H groups in total. The van der Waals surface area contributed by atoms with E-state index in [0.29, 0.717) is 35.2 Å². The summed E-state index contributed by atoms with van der Waals surface area (Å²) in [5, 5.41) is 22.9. The van der Waals surface area contributed by atoms with Gasteiger partial charge in [0, 0.05) is 48.7 Å². The first-order valence-corrected chi connectivity index (χ1v) is 11.4. The summed E-state index contributed by atoms with van der Waals surface area (Å²) in [5.41, 5.74) is 1.43. The van der Waals surface area contributed by atoms with Crippen molar-refractivity contribution < 1.29 is 28.9 Å². The van der Waals surface area contributed by atoms with Crippen LogP contribution in [0.4, 0.5) is 9.18 Å². The third-order valence-electron chi connectivity index (χ3n) is 6.93. The predicted molar refractivity (Wildman–Crippen MR) is 126 cm³/mol.